The fraction of sp³-hybridized carbons (Fsp3) is 0.286. The molecule has 2 aromatic heterocycles. The molecule has 1 aromatic carbocycles. The highest BCUT2D eigenvalue weighted by molar-refractivity contribution is 7.15. The van der Waals surface area contributed by atoms with Crippen LogP contribution in [0.5, 0.6) is 11.5 Å². The number of carbonyl (C=O) groups excluding carboxylic acids is 2. The van der Waals surface area contributed by atoms with Gasteiger partial charge in [-0.3, -0.25) is 19.8 Å². The molecule has 10 heteroatoms. The number of benzene rings is 1. The Morgan fingerprint density at radius 2 is 2.10 bits per heavy atom. The maximum absolute atomic E-state index is 12.4. The van der Waals surface area contributed by atoms with E-state index in [9.17, 15) is 9.59 Å². The van der Waals surface area contributed by atoms with Gasteiger partial charge in [0, 0.05) is 30.9 Å². The van der Waals surface area contributed by atoms with Gasteiger partial charge in [-0.2, -0.15) is 0 Å². The first-order valence-electron chi connectivity index (χ1n) is 9.85. The molecule has 5 rings (SSSR count). The molecule has 9 nitrogen and oxygen atoms in total. The maximum Gasteiger partial charge on any atom is 0.293 e. The van der Waals surface area contributed by atoms with Crippen molar-refractivity contribution < 1.29 is 23.5 Å². The van der Waals surface area contributed by atoms with Crippen molar-refractivity contribution in [3.63, 3.8) is 0 Å². The molecule has 0 saturated heterocycles. The number of furan rings is 1. The molecule has 0 atom stereocenters. The van der Waals surface area contributed by atoms with E-state index in [1.807, 2.05) is 18.2 Å². The third-order valence-electron chi connectivity index (χ3n) is 5.07. The van der Waals surface area contributed by atoms with Crippen LogP contribution < -0.4 is 20.1 Å². The number of aromatic nitrogens is 1. The monoisotopic (exact) mass is 440 g/mol. The molecule has 2 N–H and O–H groups in total. The Morgan fingerprint density at radius 1 is 1.19 bits per heavy atom. The summed E-state index contributed by atoms with van der Waals surface area (Å²) < 4.78 is 15.8. The Hall–Kier alpha value is -3.37. The van der Waals surface area contributed by atoms with Crippen molar-refractivity contribution in [3.8, 4) is 11.5 Å². The highest BCUT2D eigenvalue weighted by Crippen LogP contribution is 2.32. The molecular weight excluding hydrogens is 420 g/mol. The van der Waals surface area contributed by atoms with Crippen LogP contribution in [0.25, 0.3) is 0 Å². The van der Waals surface area contributed by atoms with E-state index in [-0.39, 0.29) is 24.4 Å². The molecule has 4 heterocycles. The van der Waals surface area contributed by atoms with Gasteiger partial charge in [-0.25, -0.2) is 4.98 Å². The molecule has 0 aliphatic carbocycles. The Morgan fingerprint density at radius 3 is 2.97 bits per heavy atom. The molecule has 2 aliphatic heterocycles. The third kappa shape index (κ3) is 4.39. The van der Waals surface area contributed by atoms with Crippen molar-refractivity contribution in [3.05, 3.63) is 58.5 Å². The summed E-state index contributed by atoms with van der Waals surface area (Å²) >= 11 is 1.43. The van der Waals surface area contributed by atoms with Gasteiger partial charge in [-0.05, 0) is 29.8 Å². The number of carbonyl (C=O) groups is 2. The number of amides is 2. The van der Waals surface area contributed by atoms with Crippen molar-refractivity contribution in [1.82, 2.24) is 15.2 Å². The molecule has 2 aliphatic rings. The topological polar surface area (TPSA) is 106 Å². The largest absolute Gasteiger partial charge is 0.459 e. The summed E-state index contributed by atoms with van der Waals surface area (Å²) in [6.07, 6.45) is 2.19. The van der Waals surface area contributed by atoms with E-state index in [4.69, 9.17) is 13.9 Å². The van der Waals surface area contributed by atoms with Crippen molar-refractivity contribution in [2.24, 2.45) is 0 Å². The number of hydrogen-bond donors (Lipinski definition) is 2. The van der Waals surface area contributed by atoms with E-state index in [0.29, 0.717) is 30.5 Å². The lowest BCUT2D eigenvalue weighted by molar-refractivity contribution is -0.122. The lowest BCUT2D eigenvalue weighted by Crippen LogP contribution is -2.39. The van der Waals surface area contributed by atoms with Gasteiger partial charge in [0.2, 0.25) is 12.7 Å². The van der Waals surface area contributed by atoms with E-state index in [2.05, 4.69) is 20.5 Å². The fourth-order valence-electron chi connectivity index (χ4n) is 3.51. The number of rotatable bonds is 6. The number of fused-ring (bicyclic) bond motifs is 2. The van der Waals surface area contributed by atoms with Crippen LogP contribution in [0.15, 0.2) is 41.0 Å². The van der Waals surface area contributed by atoms with E-state index < -0.39 is 0 Å². The second-order valence-corrected chi connectivity index (χ2v) is 8.33. The van der Waals surface area contributed by atoms with Crippen LogP contribution in [0.1, 0.15) is 26.7 Å². The number of nitrogens with zero attached hydrogens (tertiary/aromatic N) is 2. The van der Waals surface area contributed by atoms with E-state index >= 15 is 0 Å². The number of ether oxygens (including phenoxy) is 2. The average molecular weight is 440 g/mol. The van der Waals surface area contributed by atoms with Gasteiger partial charge >= 0.3 is 0 Å². The molecule has 0 unspecified atom stereocenters. The van der Waals surface area contributed by atoms with Gasteiger partial charge < -0.3 is 19.2 Å². The predicted octanol–water partition coefficient (Wildman–Crippen LogP) is 2.39. The van der Waals surface area contributed by atoms with E-state index in [1.165, 1.54) is 17.6 Å². The van der Waals surface area contributed by atoms with Gasteiger partial charge in [0.05, 0.1) is 18.5 Å². The first-order valence-corrected chi connectivity index (χ1v) is 10.7. The zero-order valence-electron chi connectivity index (χ0n) is 16.6. The molecule has 0 fully saturated rings. The Balaban J connectivity index is 1.13. The quantitative estimate of drug-likeness (QED) is 0.606. The van der Waals surface area contributed by atoms with Crippen LogP contribution in [-0.2, 0) is 24.3 Å². The Labute approximate surface area is 182 Å². The molecule has 0 radical (unpaired) electrons. The number of hydrogen-bond acceptors (Lipinski definition) is 8. The second-order valence-electron chi connectivity index (χ2n) is 7.25. The zero-order chi connectivity index (χ0) is 21.2. The van der Waals surface area contributed by atoms with Gasteiger partial charge in [0.15, 0.2) is 22.4 Å². The highest BCUT2D eigenvalue weighted by atomic mass is 32.1. The number of thiazole rings is 1. The van der Waals surface area contributed by atoms with Gasteiger partial charge in [-0.15, -0.1) is 11.3 Å². The molecule has 3 aromatic rings. The van der Waals surface area contributed by atoms with Gasteiger partial charge in [-0.1, -0.05) is 6.07 Å². The molecule has 31 heavy (non-hydrogen) atoms. The first-order chi connectivity index (χ1) is 15.1. The minimum atomic E-state index is -0.323. The molecule has 0 saturated carbocycles. The molecule has 0 spiro atoms. The number of anilines is 1. The normalized spacial score (nSPS) is 14.8. The first kappa shape index (κ1) is 19.6. The van der Waals surface area contributed by atoms with Crippen molar-refractivity contribution in [1.29, 1.82) is 0 Å². The summed E-state index contributed by atoms with van der Waals surface area (Å²) in [7, 11) is 0. The van der Waals surface area contributed by atoms with Crippen molar-refractivity contribution in [2.45, 2.75) is 19.5 Å². The summed E-state index contributed by atoms with van der Waals surface area (Å²) in [6, 6.07) is 8.91. The lowest BCUT2D eigenvalue weighted by atomic mass is 10.2. The molecule has 160 valence electrons. The Kier molecular flexibility index (Phi) is 5.31. The summed E-state index contributed by atoms with van der Waals surface area (Å²) in [5, 5.41) is 6.26. The second kappa shape index (κ2) is 8.40. The number of nitrogens with one attached hydrogen (secondary N) is 2. The third-order valence-corrected chi connectivity index (χ3v) is 6.07. The summed E-state index contributed by atoms with van der Waals surface area (Å²) in [5.74, 6) is 1.31. The summed E-state index contributed by atoms with van der Waals surface area (Å²) in [4.78, 5) is 32.2. The van der Waals surface area contributed by atoms with Crippen LogP contribution in [0, 0.1) is 0 Å². The Bertz CT molecular complexity index is 1110. The molecule has 2 amide bonds. The zero-order valence-corrected chi connectivity index (χ0v) is 17.4. The van der Waals surface area contributed by atoms with Crippen molar-refractivity contribution >= 4 is 28.3 Å². The van der Waals surface area contributed by atoms with Crippen LogP contribution >= 0.6 is 11.3 Å². The van der Waals surface area contributed by atoms with E-state index in [0.717, 1.165) is 34.8 Å². The lowest BCUT2D eigenvalue weighted by Gasteiger charge is -2.25. The standard InChI is InChI=1S/C21H20N4O5S/c26-19(22-9-13-3-4-15-17(8-13)30-12-29-15)11-25-6-5-14-18(10-25)31-21(23-14)24-20(27)16-2-1-7-28-16/h1-4,7-8H,5-6,9-12H2,(H,22,26)(H,23,24,27). The van der Waals surface area contributed by atoms with Crippen molar-refractivity contribution in [2.75, 3.05) is 25.2 Å². The smallest absolute Gasteiger partial charge is 0.293 e. The van der Waals surface area contributed by atoms with Crippen LogP contribution in [-0.4, -0.2) is 41.6 Å². The summed E-state index contributed by atoms with van der Waals surface area (Å²) in [5.41, 5.74) is 1.93. The van der Waals surface area contributed by atoms with Crippen LogP contribution in [0.4, 0.5) is 5.13 Å². The minimum absolute atomic E-state index is 0.0445. The van der Waals surface area contributed by atoms with Gasteiger partial charge in [0.25, 0.3) is 5.91 Å². The molecular formula is C21H20N4O5S. The fourth-order valence-corrected chi connectivity index (χ4v) is 4.56. The van der Waals surface area contributed by atoms with E-state index in [1.54, 1.807) is 12.1 Å². The van der Waals surface area contributed by atoms with Crippen LogP contribution in [0.3, 0.4) is 0 Å². The summed E-state index contributed by atoms with van der Waals surface area (Å²) in [6.45, 7) is 2.32. The molecule has 0 bridgehead atoms. The predicted molar refractivity (Wildman–Crippen MR) is 112 cm³/mol. The highest BCUT2D eigenvalue weighted by Gasteiger charge is 2.23. The SMILES string of the molecule is O=C(CN1CCc2nc(NC(=O)c3ccco3)sc2C1)NCc1ccc2c(c1)OCO2. The van der Waals surface area contributed by atoms with Crippen LogP contribution in [0.2, 0.25) is 0 Å². The minimum Gasteiger partial charge on any atom is -0.459 e. The maximum atomic E-state index is 12.4. The average Bonchev–Trinajstić information content (AvgIpc) is 3.51. The van der Waals surface area contributed by atoms with Gasteiger partial charge in [0.1, 0.15) is 0 Å².